The zero-order chi connectivity index (χ0) is 22.2. The number of halogens is 4. The van der Waals surface area contributed by atoms with Crippen molar-refractivity contribution < 1.29 is 22.3 Å². The molecule has 0 amide bonds. The van der Waals surface area contributed by atoms with Crippen LogP contribution in [0, 0.1) is 12.7 Å². The van der Waals surface area contributed by atoms with E-state index in [-0.39, 0.29) is 22.5 Å². The first-order chi connectivity index (χ1) is 14.7. The summed E-state index contributed by atoms with van der Waals surface area (Å²) in [5.41, 5.74) is -1.89. The molecule has 0 spiro atoms. The second kappa shape index (κ2) is 8.19. The monoisotopic (exact) mass is 444 g/mol. The zero-order valence-electron chi connectivity index (χ0n) is 16.5. The molecular formula is C23H16F4N2OS. The molecule has 0 bridgehead atoms. The summed E-state index contributed by atoms with van der Waals surface area (Å²) in [6.45, 7) is 1.72. The van der Waals surface area contributed by atoms with Crippen LogP contribution in [0.5, 0.6) is 5.75 Å². The molecule has 4 rings (SSSR count). The van der Waals surface area contributed by atoms with Gasteiger partial charge in [0.25, 0.3) is 0 Å². The van der Waals surface area contributed by atoms with Crippen LogP contribution in [0.15, 0.2) is 65.6 Å². The lowest BCUT2D eigenvalue weighted by molar-refractivity contribution is -0.0328. The fraction of sp³-hybridized carbons (Fsp3) is 0.130. The highest BCUT2D eigenvalue weighted by molar-refractivity contribution is 8.00. The molecule has 0 unspecified atom stereocenters. The Balaban J connectivity index is 2.00. The number of benzene rings is 3. The van der Waals surface area contributed by atoms with Crippen molar-refractivity contribution in [3.05, 3.63) is 72.0 Å². The van der Waals surface area contributed by atoms with Gasteiger partial charge in [-0.3, -0.25) is 0 Å². The lowest BCUT2D eigenvalue weighted by Gasteiger charge is -2.15. The Morgan fingerprint density at radius 2 is 1.68 bits per heavy atom. The fourth-order valence-corrected chi connectivity index (χ4v) is 4.06. The van der Waals surface area contributed by atoms with Crippen molar-refractivity contribution in [2.45, 2.75) is 17.3 Å². The second-order valence-electron chi connectivity index (χ2n) is 6.78. The number of fused-ring (bicyclic) bond motifs is 1. The molecule has 1 heterocycles. The maximum atomic E-state index is 13.5. The molecule has 158 valence electrons. The maximum absolute atomic E-state index is 13.5. The summed E-state index contributed by atoms with van der Waals surface area (Å²) >= 11 is -0.198. The van der Waals surface area contributed by atoms with Crippen LogP contribution in [0.2, 0.25) is 0 Å². The number of alkyl halides is 3. The van der Waals surface area contributed by atoms with Crippen LogP contribution in [0.25, 0.3) is 33.5 Å². The highest BCUT2D eigenvalue weighted by Gasteiger charge is 2.31. The third-order valence-electron chi connectivity index (χ3n) is 4.70. The SMILES string of the molecule is COc1ccc2nc(-c3c(C)cccc3SC(F)(F)F)nc(-c3ccc(F)cc3)c2c1. The minimum atomic E-state index is -4.45. The fourth-order valence-electron chi connectivity index (χ4n) is 3.31. The summed E-state index contributed by atoms with van der Waals surface area (Å²) in [6.07, 6.45) is 0. The number of thioether (sulfide) groups is 1. The molecule has 0 radical (unpaired) electrons. The van der Waals surface area contributed by atoms with Crippen molar-refractivity contribution in [1.82, 2.24) is 9.97 Å². The quantitative estimate of drug-likeness (QED) is 0.250. The van der Waals surface area contributed by atoms with Gasteiger partial charge in [0.15, 0.2) is 5.82 Å². The van der Waals surface area contributed by atoms with Crippen LogP contribution in [0.4, 0.5) is 17.6 Å². The molecule has 8 heteroatoms. The van der Waals surface area contributed by atoms with Crippen molar-refractivity contribution in [2.75, 3.05) is 7.11 Å². The molecule has 3 nitrogen and oxygen atoms in total. The molecule has 31 heavy (non-hydrogen) atoms. The summed E-state index contributed by atoms with van der Waals surface area (Å²) in [7, 11) is 1.53. The van der Waals surface area contributed by atoms with E-state index in [0.29, 0.717) is 39.0 Å². The Hall–Kier alpha value is -3.13. The number of methoxy groups -OCH3 is 1. The van der Waals surface area contributed by atoms with E-state index in [1.807, 2.05) is 0 Å². The molecule has 3 aromatic carbocycles. The van der Waals surface area contributed by atoms with Gasteiger partial charge in [-0.1, -0.05) is 12.1 Å². The molecule has 0 aliphatic heterocycles. The van der Waals surface area contributed by atoms with E-state index >= 15 is 0 Å². The Bertz CT molecular complexity index is 1260. The molecule has 1 aromatic heterocycles. The number of aryl methyl sites for hydroxylation is 1. The van der Waals surface area contributed by atoms with Gasteiger partial charge in [-0.15, -0.1) is 0 Å². The molecule has 0 saturated carbocycles. The molecule has 0 aliphatic rings. The molecule has 0 aliphatic carbocycles. The smallest absolute Gasteiger partial charge is 0.446 e. The van der Waals surface area contributed by atoms with Gasteiger partial charge in [0.05, 0.1) is 18.3 Å². The van der Waals surface area contributed by atoms with Crippen LogP contribution in [-0.4, -0.2) is 22.6 Å². The average molecular weight is 444 g/mol. The topological polar surface area (TPSA) is 35.0 Å². The van der Waals surface area contributed by atoms with Gasteiger partial charge in [-0.05, 0) is 72.8 Å². The average Bonchev–Trinajstić information content (AvgIpc) is 2.72. The highest BCUT2D eigenvalue weighted by atomic mass is 32.2. The predicted molar refractivity (Wildman–Crippen MR) is 114 cm³/mol. The van der Waals surface area contributed by atoms with Gasteiger partial charge in [0.1, 0.15) is 11.6 Å². The second-order valence-corrected chi connectivity index (χ2v) is 7.89. The third kappa shape index (κ3) is 4.49. The lowest BCUT2D eigenvalue weighted by atomic mass is 10.0. The van der Waals surface area contributed by atoms with Crippen molar-refractivity contribution in [3.63, 3.8) is 0 Å². The molecule has 4 aromatic rings. The minimum Gasteiger partial charge on any atom is -0.497 e. The standard InChI is InChI=1S/C23H16F4N2OS/c1-13-4-3-5-19(31-23(25,26)27)20(13)22-28-18-11-10-16(30-2)12-17(18)21(29-22)14-6-8-15(24)9-7-14/h3-12H,1-2H3. The van der Waals surface area contributed by atoms with Gasteiger partial charge >= 0.3 is 5.51 Å². The number of aromatic nitrogens is 2. The highest BCUT2D eigenvalue weighted by Crippen LogP contribution is 2.43. The van der Waals surface area contributed by atoms with E-state index < -0.39 is 11.3 Å². The first-order valence-corrected chi connectivity index (χ1v) is 10.0. The first-order valence-electron chi connectivity index (χ1n) is 9.22. The number of hydrogen-bond acceptors (Lipinski definition) is 4. The van der Waals surface area contributed by atoms with Gasteiger partial charge < -0.3 is 4.74 Å². The van der Waals surface area contributed by atoms with E-state index in [2.05, 4.69) is 9.97 Å². The van der Waals surface area contributed by atoms with Gasteiger partial charge in [-0.25, -0.2) is 14.4 Å². The molecular weight excluding hydrogens is 428 g/mol. The number of nitrogens with zero attached hydrogens (tertiary/aromatic N) is 2. The Kier molecular flexibility index (Phi) is 5.58. The van der Waals surface area contributed by atoms with Crippen molar-refractivity contribution >= 4 is 22.7 Å². The van der Waals surface area contributed by atoms with Crippen LogP contribution in [-0.2, 0) is 0 Å². The number of hydrogen-bond donors (Lipinski definition) is 0. The maximum Gasteiger partial charge on any atom is 0.446 e. The summed E-state index contributed by atoms with van der Waals surface area (Å²) in [4.78, 5) is 9.20. The van der Waals surface area contributed by atoms with Gasteiger partial charge in [0, 0.05) is 21.4 Å². The van der Waals surface area contributed by atoms with Crippen LogP contribution in [0.3, 0.4) is 0 Å². The normalized spacial score (nSPS) is 11.7. The van der Waals surface area contributed by atoms with Crippen molar-refractivity contribution in [1.29, 1.82) is 0 Å². The Labute approximate surface area is 180 Å². The lowest BCUT2D eigenvalue weighted by Crippen LogP contribution is -2.03. The van der Waals surface area contributed by atoms with E-state index in [0.717, 1.165) is 0 Å². The molecule has 0 saturated heterocycles. The minimum absolute atomic E-state index is 0.0189. The summed E-state index contributed by atoms with van der Waals surface area (Å²) < 4.78 is 58.3. The van der Waals surface area contributed by atoms with E-state index in [1.165, 1.54) is 25.3 Å². The van der Waals surface area contributed by atoms with Crippen LogP contribution >= 0.6 is 11.8 Å². The third-order valence-corrected chi connectivity index (χ3v) is 5.50. The predicted octanol–water partition coefficient (Wildman–Crippen LogP) is 7.03. The number of ether oxygens (including phenoxy) is 1. The number of rotatable bonds is 4. The van der Waals surface area contributed by atoms with E-state index in [9.17, 15) is 17.6 Å². The summed E-state index contributed by atoms with van der Waals surface area (Å²) in [5.74, 6) is 0.348. The van der Waals surface area contributed by atoms with Crippen molar-refractivity contribution in [3.8, 4) is 28.4 Å². The summed E-state index contributed by atoms with van der Waals surface area (Å²) in [6, 6.07) is 15.6. The van der Waals surface area contributed by atoms with Gasteiger partial charge in [-0.2, -0.15) is 13.2 Å². The summed E-state index contributed by atoms with van der Waals surface area (Å²) in [5, 5.41) is 0.647. The Morgan fingerprint density at radius 1 is 0.935 bits per heavy atom. The van der Waals surface area contributed by atoms with E-state index in [4.69, 9.17) is 4.74 Å². The largest absolute Gasteiger partial charge is 0.497 e. The van der Waals surface area contributed by atoms with Crippen LogP contribution in [0.1, 0.15) is 5.56 Å². The molecule has 0 atom stereocenters. The molecule has 0 fully saturated rings. The Morgan fingerprint density at radius 3 is 2.35 bits per heavy atom. The van der Waals surface area contributed by atoms with Crippen molar-refractivity contribution in [2.24, 2.45) is 0 Å². The van der Waals surface area contributed by atoms with Gasteiger partial charge in [0.2, 0.25) is 0 Å². The molecule has 0 N–H and O–H groups in total. The van der Waals surface area contributed by atoms with Crippen LogP contribution < -0.4 is 4.74 Å². The zero-order valence-corrected chi connectivity index (χ0v) is 17.3. The first kappa shape index (κ1) is 21.1. The van der Waals surface area contributed by atoms with E-state index in [1.54, 1.807) is 49.4 Å².